The molecule has 1 heterocycles. The van der Waals surface area contributed by atoms with Gasteiger partial charge in [0.2, 0.25) is 0 Å². The van der Waals surface area contributed by atoms with E-state index in [0.717, 1.165) is 17.7 Å². The zero-order valence-electron chi connectivity index (χ0n) is 20.9. The fourth-order valence-electron chi connectivity index (χ4n) is 4.69. The number of rotatable bonds is 6. The number of nitrogens with one attached hydrogen (secondary N) is 1. The number of hydrogen-bond acceptors (Lipinski definition) is 4. The van der Waals surface area contributed by atoms with E-state index in [1.165, 1.54) is 58.9 Å². The van der Waals surface area contributed by atoms with Gasteiger partial charge in [-0.3, -0.25) is 9.10 Å². The second-order valence-electron chi connectivity index (χ2n) is 9.19. The molecule has 0 unspecified atom stereocenters. The maximum atomic E-state index is 13.5. The molecule has 7 nitrogen and oxygen atoms in total. The lowest BCUT2D eigenvalue weighted by Crippen LogP contribution is -2.29. The number of carboxylic acid groups (broad SMARTS) is 1. The number of hydrogen-bond donors (Lipinski definition) is 2. The first kappa shape index (κ1) is 28.2. The van der Waals surface area contributed by atoms with Crippen molar-refractivity contribution in [1.82, 2.24) is 0 Å². The summed E-state index contributed by atoms with van der Waals surface area (Å²) < 4.78 is 68.6. The number of carbonyl (C=O) groups is 2. The van der Waals surface area contributed by atoms with Crippen LogP contribution in [0.5, 0.6) is 0 Å². The number of halogens is 4. The Kier molecular flexibility index (Phi) is 7.26. The van der Waals surface area contributed by atoms with Crippen molar-refractivity contribution in [3.63, 3.8) is 0 Å². The zero-order valence-corrected chi connectivity index (χ0v) is 22.5. The maximum absolute atomic E-state index is 13.5. The van der Waals surface area contributed by atoms with Gasteiger partial charge in [-0.25, -0.2) is 13.2 Å². The van der Waals surface area contributed by atoms with Crippen LogP contribution in [0.4, 0.5) is 24.5 Å². The lowest BCUT2D eigenvalue weighted by Gasteiger charge is -2.20. The highest BCUT2D eigenvalue weighted by molar-refractivity contribution is 7.92. The first-order chi connectivity index (χ1) is 19.4. The molecule has 0 atom stereocenters. The molecular formula is C29H20ClF3N2O5S. The zero-order chi connectivity index (χ0) is 29.5. The highest BCUT2D eigenvalue weighted by atomic mass is 35.5. The lowest BCUT2D eigenvalue weighted by molar-refractivity contribution is -0.137. The van der Waals surface area contributed by atoms with Gasteiger partial charge in [-0.05, 0) is 77.7 Å². The highest BCUT2D eigenvalue weighted by Gasteiger charge is 2.34. The summed E-state index contributed by atoms with van der Waals surface area (Å²) >= 11 is 6.03. The van der Waals surface area contributed by atoms with Crippen LogP contribution in [0.2, 0.25) is 5.02 Å². The van der Waals surface area contributed by atoms with E-state index in [1.54, 1.807) is 18.2 Å². The van der Waals surface area contributed by atoms with E-state index in [2.05, 4.69) is 5.32 Å². The smallest absolute Gasteiger partial charge is 0.417 e. The molecule has 1 amide bonds. The molecular weight excluding hydrogens is 581 g/mol. The van der Waals surface area contributed by atoms with Gasteiger partial charge in [0.05, 0.1) is 27.4 Å². The average Bonchev–Trinajstić information content (AvgIpc) is 3.36. The molecule has 4 aromatic carbocycles. The summed E-state index contributed by atoms with van der Waals surface area (Å²) in [4.78, 5) is 24.9. The Morgan fingerprint density at radius 2 is 1.68 bits per heavy atom. The van der Waals surface area contributed by atoms with Crippen molar-refractivity contribution in [3.05, 3.63) is 112 Å². The van der Waals surface area contributed by atoms with Crippen molar-refractivity contribution in [2.75, 3.05) is 16.2 Å². The molecule has 4 aromatic rings. The number of nitrogens with zero attached hydrogens (tertiary/aromatic N) is 1. The first-order valence-electron chi connectivity index (χ1n) is 12.1. The second kappa shape index (κ2) is 10.6. The second-order valence-corrected chi connectivity index (χ2v) is 11.5. The number of alkyl halides is 3. The average molecular weight is 601 g/mol. The van der Waals surface area contributed by atoms with Crippen molar-refractivity contribution < 1.29 is 36.3 Å². The molecule has 5 rings (SSSR count). The van der Waals surface area contributed by atoms with E-state index in [4.69, 9.17) is 11.6 Å². The Bertz CT molecular complexity index is 1810. The molecule has 0 radical (unpaired) electrons. The molecule has 0 aromatic heterocycles. The van der Waals surface area contributed by atoms with E-state index in [0.29, 0.717) is 17.1 Å². The lowest BCUT2D eigenvalue weighted by atomic mass is 9.97. The van der Waals surface area contributed by atoms with Crippen molar-refractivity contribution in [2.24, 2.45) is 0 Å². The van der Waals surface area contributed by atoms with E-state index < -0.39 is 39.2 Å². The number of fused-ring (bicyclic) bond motifs is 1. The monoisotopic (exact) mass is 600 g/mol. The predicted molar refractivity (Wildman–Crippen MR) is 148 cm³/mol. The van der Waals surface area contributed by atoms with Crippen LogP contribution in [0, 0.1) is 0 Å². The summed E-state index contributed by atoms with van der Waals surface area (Å²) in [5.74, 6) is -2.28. The van der Waals surface area contributed by atoms with E-state index >= 15 is 0 Å². The topological polar surface area (TPSA) is 104 Å². The van der Waals surface area contributed by atoms with Crippen LogP contribution in [-0.2, 0) is 22.6 Å². The highest BCUT2D eigenvalue weighted by Crippen LogP contribution is 2.38. The predicted octanol–water partition coefficient (Wildman–Crippen LogP) is 6.73. The van der Waals surface area contributed by atoms with Gasteiger partial charge >= 0.3 is 12.1 Å². The molecule has 0 bridgehead atoms. The number of anilines is 2. The van der Waals surface area contributed by atoms with Crippen LogP contribution in [-0.4, -0.2) is 31.9 Å². The van der Waals surface area contributed by atoms with Crippen molar-refractivity contribution in [2.45, 2.75) is 17.5 Å². The molecule has 0 aliphatic carbocycles. The number of amides is 1. The van der Waals surface area contributed by atoms with E-state index in [9.17, 15) is 36.3 Å². The fraction of sp³-hybridized carbons (Fsp3) is 0.103. The van der Waals surface area contributed by atoms with Gasteiger partial charge in [0.25, 0.3) is 15.9 Å². The Labute approximate surface area is 237 Å². The van der Waals surface area contributed by atoms with E-state index in [1.807, 2.05) is 0 Å². The maximum Gasteiger partial charge on any atom is 0.417 e. The summed E-state index contributed by atoms with van der Waals surface area (Å²) in [7, 11) is -4.04. The summed E-state index contributed by atoms with van der Waals surface area (Å²) in [6.45, 7) is 0.195. The minimum Gasteiger partial charge on any atom is -0.478 e. The number of aromatic carboxylic acids is 1. The first-order valence-corrected chi connectivity index (χ1v) is 13.9. The molecule has 41 heavy (non-hydrogen) atoms. The molecule has 0 saturated heterocycles. The Morgan fingerprint density at radius 1 is 0.927 bits per heavy atom. The third-order valence-electron chi connectivity index (χ3n) is 6.62. The quantitative estimate of drug-likeness (QED) is 0.255. The largest absolute Gasteiger partial charge is 0.478 e. The molecule has 0 saturated carbocycles. The molecule has 1 aliphatic heterocycles. The van der Waals surface area contributed by atoms with Crippen LogP contribution in [0.1, 0.15) is 31.8 Å². The summed E-state index contributed by atoms with van der Waals surface area (Å²) in [5, 5.41) is 12.7. The Balaban J connectivity index is 1.44. The standard InChI is InChI=1S/C29H20ClF3N2O5S/c30-20-9-11-26-18(14-20)12-13-35(26)41(39,40)21-5-3-4-19(15-21)27(36)34-25-10-8-17(16-23(25)28(37)38)22-6-1-2-7-24(22)29(31,32)33/h1-11,14-16H,12-13H2,(H,34,36)(H,37,38). The van der Waals surface area contributed by atoms with Gasteiger partial charge in [-0.2, -0.15) is 13.2 Å². The van der Waals surface area contributed by atoms with Crippen LogP contribution in [0.3, 0.4) is 0 Å². The van der Waals surface area contributed by atoms with Gasteiger partial charge < -0.3 is 10.4 Å². The number of carbonyl (C=O) groups excluding carboxylic acids is 1. The third kappa shape index (κ3) is 5.50. The number of sulfonamides is 1. The van der Waals surface area contributed by atoms with Gasteiger partial charge in [0.1, 0.15) is 0 Å². The molecule has 0 spiro atoms. The van der Waals surface area contributed by atoms with Gasteiger partial charge in [0, 0.05) is 17.1 Å². The number of carboxylic acids is 1. The van der Waals surface area contributed by atoms with Crippen LogP contribution in [0.15, 0.2) is 89.8 Å². The summed E-state index contributed by atoms with van der Waals surface area (Å²) in [5.41, 5.74) is -0.574. The van der Waals surface area contributed by atoms with Gasteiger partial charge in [-0.15, -0.1) is 0 Å². The molecule has 210 valence electrons. The van der Waals surface area contributed by atoms with E-state index in [-0.39, 0.29) is 33.8 Å². The molecule has 2 N–H and O–H groups in total. The minimum atomic E-state index is -4.66. The molecule has 12 heteroatoms. The van der Waals surface area contributed by atoms with Crippen molar-refractivity contribution in [3.8, 4) is 11.1 Å². The Hall–Kier alpha value is -4.35. The van der Waals surface area contributed by atoms with Crippen LogP contribution >= 0.6 is 11.6 Å². The third-order valence-corrected chi connectivity index (χ3v) is 8.66. The Morgan fingerprint density at radius 3 is 2.41 bits per heavy atom. The molecule has 0 fully saturated rings. The fourth-order valence-corrected chi connectivity index (χ4v) is 6.43. The number of benzene rings is 4. The summed E-state index contributed by atoms with van der Waals surface area (Å²) in [6.07, 6.45) is -4.20. The van der Waals surface area contributed by atoms with Crippen molar-refractivity contribution >= 4 is 44.9 Å². The van der Waals surface area contributed by atoms with Gasteiger partial charge in [-0.1, -0.05) is 41.9 Å². The normalized spacial score (nSPS) is 13.1. The SMILES string of the molecule is O=C(Nc1ccc(-c2ccccc2C(F)(F)F)cc1C(=O)O)c1cccc(S(=O)(=O)N2CCc3cc(Cl)ccc32)c1. The van der Waals surface area contributed by atoms with Crippen LogP contribution in [0.25, 0.3) is 11.1 Å². The molecule has 1 aliphatic rings. The minimum absolute atomic E-state index is 0.00593. The van der Waals surface area contributed by atoms with Crippen LogP contribution < -0.4 is 9.62 Å². The van der Waals surface area contributed by atoms with Crippen molar-refractivity contribution in [1.29, 1.82) is 0 Å². The summed E-state index contributed by atoms with van der Waals surface area (Å²) in [6, 6.07) is 18.4. The van der Waals surface area contributed by atoms with Gasteiger partial charge in [0.15, 0.2) is 0 Å².